The molecule has 0 spiro atoms. The van der Waals surface area contributed by atoms with E-state index in [9.17, 15) is 9.59 Å². The normalized spacial score (nSPS) is 16.1. The molecule has 0 bridgehead atoms. The van der Waals surface area contributed by atoms with E-state index in [-0.39, 0.29) is 11.2 Å². The second-order valence-corrected chi connectivity index (χ2v) is 7.42. The van der Waals surface area contributed by atoms with Crippen LogP contribution >= 0.6 is 0 Å². The van der Waals surface area contributed by atoms with E-state index < -0.39 is 0 Å². The fourth-order valence-corrected chi connectivity index (χ4v) is 3.83. The average Bonchev–Trinajstić information content (AvgIpc) is 3.15. The third-order valence-corrected chi connectivity index (χ3v) is 5.59. The predicted molar refractivity (Wildman–Crippen MR) is 108 cm³/mol. The van der Waals surface area contributed by atoms with Gasteiger partial charge >= 0.3 is 5.69 Å². The maximum atomic E-state index is 12.5. The summed E-state index contributed by atoms with van der Waals surface area (Å²) < 4.78 is 4.44. The summed E-state index contributed by atoms with van der Waals surface area (Å²) in [6, 6.07) is 10.6. The van der Waals surface area contributed by atoms with Crippen molar-refractivity contribution in [2.75, 3.05) is 32.7 Å². The van der Waals surface area contributed by atoms with Gasteiger partial charge in [0.15, 0.2) is 11.2 Å². The third kappa shape index (κ3) is 3.53. The van der Waals surface area contributed by atoms with E-state index in [0.29, 0.717) is 17.7 Å². The molecule has 28 heavy (non-hydrogen) atoms. The number of fused-ring (bicyclic) bond motifs is 1. The fraction of sp³-hybridized carbons (Fsp3) is 0.450. The van der Waals surface area contributed by atoms with Crippen molar-refractivity contribution in [3.8, 4) is 0 Å². The van der Waals surface area contributed by atoms with E-state index in [0.717, 1.165) is 43.8 Å². The van der Waals surface area contributed by atoms with E-state index >= 15 is 0 Å². The predicted octanol–water partition coefficient (Wildman–Crippen LogP) is 0.252. The molecule has 0 atom stereocenters. The number of piperazine rings is 1. The molecule has 8 nitrogen and oxygen atoms in total. The number of hydrogen-bond donors (Lipinski definition) is 0. The van der Waals surface area contributed by atoms with Crippen LogP contribution in [0, 0.1) is 0 Å². The van der Waals surface area contributed by atoms with Gasteiger partial charge in [-0.2, -0.15) is 0 Å². The van der Waals surface area contributed by atoms with Gasteiger partial charge < -0.3 is 4.57 Å². The molecule has 148 valence electrons. The van der Waals surface area contributed by atoms with Crippen LogP contribution in [0.25, 0.3) is 11.2 Å². The topological polar surface area (TPSA) is 68.3 Å². The zero-order chi connectivity index (χ0) is 19.7. The summed E-state index contributed by atoms with van der Waals surface area (Å²) in [6.07, 6.45) is 1.66. The van der Waals surface area contributed by atoms with E-state index in [1.165, 1.54) is 17.2 Å². The highest BCUT2D eigenvalue weighted by Crippen LogP contribution is 2.10. The number of benzene rings is 1. The minimum Gasteiger partial charge on any atom is -0.323 e. The van der Waals surface area contributed by atoms with Crippen LogP contribution < -0.4 is 11.2 Å². The molecule has 3 aromatic rings. The quantitative estimate of drug-likeness (QED) is 0.633. The highest BCUT2D eigenvalue weighted by Gasteiger charge is 2.18. The van der Waals surface area contributed by atoms with Crippen molar-refractivity contribution >= 4 is 11.2 Å². The number of aromatic nitrogens is 4. The van der Waals surface area contributed by atoms with Gasteiger partial charge in [0.25, 0.3) is 5.56 Å². The number of hydrogen-bond acceptors (Lipinski definition) is 5. The van der Waals surface area contributed by atoms with Crippen LogP contribution in [0.15, 0.2) is 46.2 Å². The monoisotopic (exact) mass is 382 g/mol. The lowest BCUT2D eigenvalue weighted by Gasteiger charge is -2.34. The maximum absolute atomic E-state index is 12.5. The van der Waals surface area contributed by atoms with Crippen LogP contribution in [0.3, 0.4) is 0 Å². The zero-order valence-corrected chi connectivity index (χ0v) is 16.4. The van der Waals surface area contributed by atoms with E-state index in [2.05, 4.69) is 39.0 Å². The van der Waals surface area contributed by atoms with Gasteiger partial charge in [0.05, 0.1) is 6.33 Å². The van der Waals surface area contributed by atoms with E-state index in [1.54, 1.807) is 13.4 Å². The number of nitrogens with zero attached hydrogens (tertiary/aromatic N) is 6. The first-order valence-corrected chi connectivity index (χ1v) is 9.64. The minimum absolute atomic E-state index is 0.289. The Bertz CT molecular complexity index is 1070. The summed E-state index contributed by atoms with van der Waals surface area (Å²) in [5, 5.41) is 0. The molecule has 0 amide bonds. The van der Waals surface area contributed by atoms with Crippen LogP contribution in [-0.4, -0.2) is 61.2 Å². The van der Waals surface area contributed by atoms with Crippen molar-refractivity contribution in [3.63, 3.8) is 0 Å². The van der Waals surface area contributed by atoms with Crippen molar-refractivity contribution in [2.24, 2.45) is 14.1 Å². The number of aryl methyl sites for hydroxylation is 1. The second kappa shape index (κ2) is 7.73. The molecule has 0 radical (unpaired) electrons. The van der Waals surface area contributed by atoms with Gasteiger partial charge in [0.2, 0.25) is 0 Å². The van der Waals surface area contributed by atoms with E-state index in [4.69, 9.17) is 0 Å². The van der Waals surface area contributed by atoms with Crippen molar-refractivity contribution in [3.05, 3.63) is 63.1 Å². The molecule has 1 aromatic carbocycles. The Hall–Kier alpha value is -2.71. The maximum Gasteiger partial charge on any atom is 0.332 e. The number of rotatable bonds is 5. The van der Waals surface area contributed by atoms with E-state index in [1.807, 2.05) is 10.6 Å². The van der Waals surface area contributed by atoms with Gasteiger partial charge in [-0.05, 0) is 5.56 Å². The van der Waals surface area contributed by atoms with Crippen LogP contribution in [0.2, 0.25) is 0 Å². The molecule has 3 heterocycles. The molecule has 0 aliphatic carbocycles. The summed E-state index contributed by atoms with van der Waals surface area (Å²) in [5.41, 5.74) is 1.65. The summed E-state index contributed by atoms with van der Waals surface area (Å²) in [6.45, 7) is 6.63. The summed E-state index contributed by atoms with van der Waals surface area (Å²) in [7, 11) is 3.15. The second-order valence-electron chi connectivity index (χ2n) is 7.42. The zero-order valence-electron chi connectivity index (χ0n) is 16.4. The highest BCUT2D eigenvalue weighted by atomic mass is 16.2. The Balaban J connectivity index is 1.38. The largest absolute Gasteiger partial charge is 0.332 e. The van der Waals surface area contributed by atoms with Gasteiger partial charge in [-0.1, -0.05) is 30.3 Å². The van der Waals surface area contributed by atoms with Gasteiger partial charge in [-0.3, -0.25) is 23.7 Å². The molecule has 0 saturated carbocycles. The standard InChI is InChI=1S/C20H26N6O2/c1-22-18-17(19(27)23(2)20(22)28)26(15-21-18)13-12-24-8-10-25(11-9-24)14-16-6-4-3-5-7-16/h3-7,15H,8-14H2,1-2H3. The van der Waals surface area contributed by atoms with Crippen LogP contribution in [0.4, 0.5) is 0 Å². The Morgan fingerprint density at radius 3 is 2.29 bits per heavy atom. The summed E-state index contributed by atoms with van der Waals surface area (Å²) >= 11 is 0. The third-order valence-electron chi connectivity index (χ3n) is 5.59. The summed E-state index contributed by atoms with van der Waals surface area (Å²) in [4.78, 5) is 33.7. The van der Waals surface area contributed by atoms with Gasteiger partial charge in [0.1, 0.15) is 0 Å². The molecule has 1 aliphatic rings. The Morgan fingerprint density at radius 2 is 1.57 bits per heavy atom. The van der Waals surface area contributed by atoms with Crippen LogP contribution in [-0.2, 0) is 27.2 Å². The molecule has 1 aliphatic heterocycles. The van der Waals surface area contributed by atoms with Crippen molar-refractivity contribution in [1.82, 2.24) is 28.5 Å². The first-order chi connectivity index (χ1) is 13.5. The molecular weight excluding hydrogens is 356 g/mol. The Morgan fingerprint density at radius 1 is 0.893 bits per heavy atom. The molecule has 0 unspecified atom stereocenters. The van der Waals surface area contributed by atoms with Gasteiger partial charge in [-0.15, -0.1) is 0 Å². The molecular formula is C20H26N6O2. The SMILES string of the molecule is Cn1c(=O)c2c(ncn2CCN2CCN(Cc3ccccc3)CC2)n(C)c1=O. The number of imidazole rings is 1. The lowest BCUT2D eigenvalue weighted by molar-refractivity contribution is 0.124. The molecule has 2 aromatic heterocycles. The Labute approximate surface area is 163 Å². The lowest BCUT2D eigenvalue weighted by Crippen LogP contribution is -2.46. The first-order valence-electron chi connectivity index (χ1n) is 9.64. The lowest BCUT2D eigenvalue weighted by atomic mass is 10.2. The molecule has 1 saturated heterocycles. The Kier molecular flexibility index (Phi) is 5.15. The van der Waals surface area contributed by atoms with Crippen molar-refractivity contribution < 1.29 is 0 Å². The van der Waals surface area contributed by atoms with Gasteiger partial charge in [0, 0.05) is 59.9 Å². The van der Waals surface area contributed by atoms with Crippen LogP contribution in [0.5, 0.6) is 0 Å². The van der Waals surface area contributed by atoms with Crippen molar-refractivity contribution in [1.29, 1.82) is 0 Å². The highest BCUT2D eigenvalue weighted by molar-refractivity contribution is 5.69. The molecule has 8 heteroatoms. The first kappa shape index (κ1) is 18.6. The smallest absolute Gasteiger partial charge is 0.323 e. The fourth-order valence-electron chi connectivity index (χ4n) is 3.83. The molecule has 1 fully saturated rings. The van der Waals surface area contributed by atoms with Crippen molar-refractivity contribution in [2.45, 2.75) is 13.1 Å². The van der Waals surface area contributed by atoms with Crippen LogP contribution in [0.1, 0.15) is 5.56 Å². The molecule has 4 rings (SSSR count). The average molecular weight is 382 g/mol. The minimum atomic E-state index is -0.350. The van der Waals surface area contributed by atoms with Gasteiger partial charge in [-0.25, -0.2) is 9.78 Å². The molecule has 0 N–H and O–H groups in total. The summed E-state index contributed by atoms with van der Waals surface area (Å²) in [5.74, 6) is 0.